The summed E-state index contributed by atoms with van der Waals surface area (Å²) in [6, 6.07) is 5.95. The lowest BCUT2D eigenvalue weighted by Gasteiger charge is -2.12. The van der Waals surface area contributed by atoms with E-state index in [-0.39, 0.29) is 0 Å². The van der Waals surface area contributed by atoms with Gasteiger partial charge in [0, 0.05) is 31.5 Å². The minimum atomic E-state index is 0.666. The minimum Gasteiger partial charge on any atom is -0.366 e. The highest BCUT2D eigenvalue weighted by atomic mass is 79.9. The quantitative estimate of drug-likeness (QED) is 0.663. The molecule has 3 heterocycles. The largest absolute Gasteiger partial charge is 0.366 e. The Morgan fingerprint density at radius 3 is 2.96 bits per heavy atom. The van der Waals surface area contributed by atoms with Crippen LogP contribution in [0, 0.1) is 0 Å². The van der Waals surface area contributed by atoms with Crippen LogP contribution in [0.25, 0.3) is 5.65 Å². The smallest absolute Gasteiger partial charge is 0.173 e. The first kappa shape index (κ1) is 15.8. The van der Waals surface area contributed by atoms with Gasteiger partial charge in [0.2, 0.25) is 0 Å². The van der Waals surface area contributed by atoms with E-state index in [2.05, 4.69) is 59.9 Å². The Bertz CT molecular complexity index is 945. The molecular weight excluding hydrogens is 380 g/mol. The molecule has 4 rings (SSSR count). The molecule has 6 nitrogen and oxygen atoms in total. The van der Waals surface area contributed by atoms with Gasteiger partial charge in [0.15, 0.2) is 5.65 Å². The summed E-state index contributed by atoms with van der Waals surface area (Å²) in [7, 11) is 0. The van der Waals surface area contributed by atoms with Gasteiger partial charge < -0.3 is 10.6 Å². The zero-order valence-electron chi connectivity index (χ0n) is 13.5. The van der Waals surface area contributed by atoms with Gasteiger partial charge in [0.05, 0.1) is 10.7 Å². The fraction of sp³-hybridized carbons (Fsp3) is 0.167. The molecule has 0 atom stereocenters. The Labute approximate surface area is 153 Å². The number of halogens is 1. The van der Waals surface area contributed by atoms with E-state index in [0.717, 1.165) is 40.3 Å². The molecule has 126 valence electrons. The predicted octanol–water partition coefficient (Wildman–Crippen LogP) is 3.80. The highest BCUT2D eigenvalue weighted by Gasteiger charge is 2.10. The summed E-state index contributed by atoms with van der Waals surface area (Å²) >= 11 is 3.52. The number of nitrogens with zero attached hydrogens (tertiary/aromatic N) is 4. The number of hydrogen-bond donors (Lipinski definition) is 2. The van der Waals surface area contributed by atoms with Crippen molar-refractivity contribution >= 4 is 33.2 Å². The van der Waals surface area contributed by atoms with Crippen molar-refractivity contribution in [3.05, 3.63) is 70.6 Å². The maximum Gasteiger partial charge on any atom is 0.173 e. The van der Waals surface area contributed by atoms with Crippen LogP contribution in [-0.4, -0.2) is 26.1 Å². The average molecular weight is 397 g/mol. The van der Waals surface area contributed by atoms with Gasteiger partial charge in [0.25, 0.3) is 0 Å². The second-order valence-electron chi connectivity index (χ2n) is 5.78. The fourth-order valence-electron chi connectivity index (χ4n) is 2.67. The molecule has 25 heavy (non-hydrogen) atoms. The van der Waals surface area contributed by atoms with Crippen LogP contribution in [0.5, 0.6) is 0 Å². The highest BCUT2D eigenvalue weighted by Crippen LogP contribution is 2.23. The van der Waals surface area contributed by atoms with E-state index in [4.69, 9.17) is 0 Å². The van der Waals surface area contributed by atoms with Crippen molar-refractivity contribution in [2.75, 3.05) is 17.2 Å². The molecule has 1 aliphatic carbocycles. The molecule has 0 aromatic carbocycles. The van der Waals surface area contributed by atoms with Crippen molar-refractivity contribution in [1.82, 2.24) is 19.6 Å². The monoisotopic (exact) mass is 396 g/mol. The summed E-state index contributed by atoms with van der Waals surface area (Å²) in [5.41, 5.74) is 3.23. The Kier molecular flexibility index (Phi) is 4.47. The van der Waals surface area contributed by atoms with Gasteiger partial charge in [0.1, 0.15) is 11.6 Å². The number of allylic oxidation sites excluding steroid dienone is 3. The molecule has 7 heteroatoms. The topological polar surface area (TPSA) is 67.1 Å². The van der Waals surface area contributed by atoms with Crippen LogP contribution in [0.15, 0.2) is 65.1 Å². The Morgan fingerprint density at radius 2 is 2.16 bits per heavy atom. The van der Waals surface area contributed by atoms with E-state index < -0.39 is 0 Å². The molecule has 0 radical (unpaired) electrons. The first-order valence-corrected chi connectivity index (χ1v) is 8.84. The van der Waals surface area contributed by atoms with E-state index in [1.54, 1.807) is 16.9 Å². The number of fused-ring (bicyclic) bond motifs is 1. The summed E-state index contributed by atoms with van der Waals surface area (Å²) in [5, 5.41) is 11.2. The van der Waals surface area contributed by atoms with E-state index in [1.165, 1.54) is 5.57 Å². The highest BCUT2D eigenvalue weighted by molar-refractivity contribution is 9.10. The van der Waals surface area contributed by atoms with Gasteiger partial charge in [-0.05, 0) is 39.6 Å². The van der Waals surface area contributed by atoms with Gasteiger partial charge in [-0.15, -0.1) is 0 Å². The van der Waals surface area contributed by atoms with Crippen LogP contribution < -0.4 is 10.6 Å². The first-order valence-electron chi connectivity index (χ1n) is 8.05. The van der Waals surface area contributed by atoms with Gasteiger partial charge in [-0.3, -0.25) is 4.98 Å². The van der Waals surface area contributed by atoms with Crippen LogP contribution in [0.3, 0.4) is 0 Å². The maximum absolute atomic E-state index is 4.65. The van der Waals surface area contributed by atoms with Crippen LogP contribution >= 0.6 is 15.9 Å². The third-order valence-electron chi connectivity index (χ3n) is 3.97. The molecular formula is C18H17BrN6. The Balaban J connectivity index is 1.57. The molecule has 0 fully saturated rings. The summed E-state index contributed by atoms with van der Waals surface area (Å²) < 4.78 is 2.66. The zero-order valence-corrected chi connectivity index (χ0v) is 15.1. The normalized spacial score (nSPS) is 13.2. The fourth-order valence-corrected chi connectivity index (χ4v) is 3.02. The lowest BCUT2D eigenvalue weighted by Crippen LogP contribution is -2.10. The van der Waals surface area contributed by atoms with E-state index in [1.807, 2.05) is 24.4 Å². The molecule has 0 saturated carbocycles. The number of nitrogens with one attached hydrogen (secondary N) is 2. The predicted molar refractivity (Wildman–Crippen MR) is 103 cm³/mol. The van der Waals surface area contributed by atoms with Crippen LogP contribution in [-0.2, 0) is 6.54 Å². The summed E-state index contributed by atoms with van der Waals surface area (Å²) in [6.07, 6.45) is 12.8. The third-order valence-corrected chi connectivity index (χ3v) is 4.53. The second kappa shape index (κ2) is 7.06. The average Bonchev–Trinajstić information content (AvgIpc) is 3.29. The van der Waals surface area contributed by atoms with Crippen molar-refractivity contribution in [3.63, 3.8) is 0 Å². The number of rotatable bonds is 6. The van der Waals surface area contributed by atoms with Crippen molar-refractivity contribution < 1.29 is 0 Å². The maximum atomic E-state index is 4.65. The van der Waals surface area contributed by atoms with Crippen LogP contribution in [0.2, 0.25) is 0 Å². The van der Waals surface area contributed by atoms with Gasteiger partial charge in [-0.25, -0.2) is 4.98 Å². The van der Waals surface area contributed by atoms with Gasteiger partial charge >= 0.3 is 0 Å². The standard InChI is InChI=1S/C18H17BrN6/c19-15-12-23-25-17(22-11-14-6-3-7-20-9-14)8-16(24-18(15)25)21-10-13-4-1-2-5-13/h1-4,6-9,12,22H,5,10-11H2,(H,21,24). The molecule has 0 aliphatic heterocycles. The van der Waals surface area contributed by atoms with Gasteiger partial charge in [-0.2, -0.15) is 9.61 Å². The number of aromatic nitrogens is 4. The number of anilines is 2. The molecule has 1 aliphatic rings. The second-order valence-corrected chi connectivity index (χ2v) is 6.63. The first-order chi connectivity index (χ1) is 12.3. The van der Waals surface area contributed by atoms with Gasteiger partial charge in [-0.1, -0.05) is 24.3 Å². The zero-order chi connectivity index (χ0) is 17.1. The molecule has 0 bridgehead atoms. The third kappa shape index (κ3) is 3.56. The summed E-state index contributed by atoms with van der Waals surface area (Å²) in [4.78, 5) is 8.80. The summed E-state index contributed by atoms with van der Waals surface area (Å²) in [5.74, 6) is 1.69. The van der Waals surface area contributed by atoms with E-state index in [0.29, 0.717) is 6.54 Å². The van der Waals surface area contributed by atoms with Crippen molar-refractivity contribution in [2.24, 2.45) is 0 Å². The van der Waals surface area contributed by atoms with Crippen molar-refractivity contribution in [1.29, 1.82) is 0 Å². The molecule has 0 saturated heterocycles. The van der Waals surface area contributed by atoms with E-state index in [9.17, 15) is 0 Å². The SMILES string of the molecule is Brc1cnn2c(NCc3cccnc3)cc(NCC3=CC=CC3)nc12. The molecule has 0 amide bonds. The lowest BCUT2D eigenvalue weighted by atomic mass is 10.2. The lowest BCUT2D eigenvalue weighted by molar-refractivity contribution is 0.923. The summed E-state index contributed by atoms with van der Waals surface area (Å²) in [6.45, 7) is 1.45. The molecule has 0 spiro atoms. The molecule has 2 N–H and O–H groups in total. The Hall–Kier alpha value is -2.67. The molecule has 0 unspecified atom stereocenters. The van der Waals surface area contributed by atoms with Crippen LogP contribution in [0.4, 0.5) is 11.6 Å². The number of hydrogen-bond acceptors (Lipinski definition) is 5. The minimum absolute atomic E-state index is 0.666. The Morgan fingerprint density at radius 1 is 1.20 bits per heavy atom. The van der Waals surface area contributed by atoms with E-state index >= 15 is 0 Å². The van der Waals surface area contributed by atoms with Crippen molar-refractivity contribution in [3.8, 4) is 0 Å². The van der Waals surface area contributed by atoms with Crippen molar-refractivity contribution in [2.45, 2.75) is 13.0 Å². The number of pyridine rings is 1. The molecule has 3 aromatic rings. The molecule has 3 aromatic heterocycles. The van der Waals surface area contributed by atoms with Crippen LogP contribution in [0.1, 0.15) is 12.0 Å².